The number of hydrogen-bond donors (Lipinski definition) is 3. The molecule has 0 saturated carbocycles. The maximum Gasteiger partial charge on any atom is 0.224 e. The van der Waals surface area contributed by atoms with Crippen molar-refractivity contribution in [3.63, 3.8) is 0 Å². The number of anilines is 2. The molecule has 0 radical (unpaired) electrons. The molecule has 14 heavy (non-hydrogen) atoms. The molecule has 0 fully saturated rings. The Labute approximate surface area is 82.1 Å². The first kappa shape index (κ1) is 10.7. The monoisotopic (exact) mass is 198 g/mol. The van der Waals surface area contributed by atoms with E-state index in [0.717, 1.165) is 0 Å². The summed E-state index contributed by atoms with van der Waals surface area (Å²) in [4.78, 5) is 7.83. The number of nitrogens with two attached hydrogens (primary N) is 1. The quantitative estimate of drug-likeness (QED) is 0.589. The second-order valence-corrected chi connectivity index (χ2v) is 2.80. The van der Waals surface area contributed by atoms with Crippen LogP contribution in [0.3, 0.4) is 0 Å². The summed E-state index contributed by atoms with van der Waals surface area (Å²) in [5.41, 5.74) is 5.45. The van der Waals surface area contributed by atoms with Crippen molar-refractivity contribution in [3.05, 3.63) is 12.3 Å². The van der Waals surface area contributed by atoms with Crippen molar-refractivity contribution in [2.24, 2.45) is 0 Å². The Balaban J connectivity index is 2.37. The third kappa shape index (κ3) is 3.55. The van der Waals surface area contributed by atoms with Crippen LogP contribution in [0, 0.1) is 0 Å². The van der Waals surface area contributed by atoms with Gasteiger partial charge in [-0.15, -0.1) is 0 Å². The number of hydrogen-bond acceptors (Lipinski definition) is 6. The fraction of sp³-hybridized carbons (Fsp3) is 0.500. The van der Waals surface area contributed by atoms with Crippen LogP contribution in [0.15, 0.2) is 12.3 Å². The first-order valence-electron chi connectivity index (χ1n) is 4.21. The van der Waals surface area contributed by atoms with Gasteiger partial charge in [0.25, 0.3) is 0 Å². The summed E-state index contributed by atoms with van der Waals surface area (Å²) in [6.07, 6.45) is 0.970. The molecule has 0 aliphatic heterocycles. The molecule has 78 valence electrons. The fourth-order valence-electron chi connectivity index (χ4n) is 0.918. The molecule has 1 unspecified atom stereocenters. The molecule has 0 spiro atoms. The number of aromatic nitrogens is 2. The largest absolute Gasteiger partial charge is 0.389 e. The van der Waals surface area contributed by atoms with Gasteiger partial charge in [0.1, 0.15) is 5.82 Å². The summed E-state index contributed by atoms with van der Waals surface area (Å²) in [6.45, 7) is 0.604. The highest BCUT2D eigenvalue weighted by molar-refractivity contribution is 5.34. The van der Waals surface area contributed by atoms with Crippen molar-refractivity contribution in [3.8, 4) is 0 Å². The van der Waals surface area contributed by atoms with Gasteiger partial charge in [-0.1, -0.05) is 0 Å². The molecule has 1 rings (SSSR count). The first-order valence-corrected chi connectivity index (χ1v) is 4.21. The molecule has 0 amide bonds. The Morgan fingerprint density at radius 3 is 3.14 bits per heavy atom. The molecular formula is C8H14N4O2. The van der Waals surface area contributed by atoms with E-state index in [1.165, 1.54) is 7.11 Å². The lowest BCUT2D eigenvalue weighted by atomic mass is 10.4. The van der Waals surface area contributed by atoms with Gasteiger partial charge >= 0.3 is 0 Å². The molecule has 4 N–H and O–H groups in total. The fourth-order valence-corrected chi connectivity index (χ4v) is 0.918. The van der Waals surface area contributed by atoms with Crippen molar-refractivity contribution < 1.29 is 9.84 Å². The van der Waals surface area contributed by atoms with E-state index in [1.807, 2.05) is 0 Å². The molecule has 6 nitrogen and oxygen atoms in total. The standard InChI is InChI=1S/C8H14N4O2/c1-14-5-6(13)4-11-8-10-3-2-7(9)12-8/h2-3,6,13H,4-5H2,1H3,(H3,9,10,11,12). The summed E-state index contributed by atoms with van der Waals surface area (Å²) in [7, 11) is 1.53. The minimum Gasteiger partial charge on any atom is -0.389 e. The number of methoxy groups -OCH3 is 1. The van der Waals surface area contributed by atoms with Gasteiger partial charge in [0.05, 0.1) is 12.7 Å². The summed E-state index contributed by atoms with van der Waals surface area (Å²) in [6, 6.07) is 1.59. The highest BCUT2D eigenvalue weighted by atomic mass is 16.5. The van der Waals surface area contributed by atoms with E-state index in [1.54, 1.807) is 12.3 Å². The van der Waals surface area contributed by atoms with Crippen molar-refractivity contribution in [1.29, 1.82) is 0 Å². The van der Waals surface area contributed by atoms with Gasteiger partial charge in [-0.05, 0) is 6.07 Å². The first-order chi connectivity index (χ1) is 6.72. The predicted octanol–water partition coefficient (Wildman–Crippen LogP) is -0.522. The van der Waals surface area contributed by atoms with E-state index in [9.17, 15) is 5.11 Å². The smallest absolute Gasteiger partial charge is 0.224 e. The van der Waals surface area contributed by atoms with E-state index < -0.39 is 6.10 Å². The Morgan fingerprint density at radius 1 is 1.71 bits per heavy atom. The number of aliphatic hydroxyl groups excluding tert-OH is 1. The molecule has 0 aliphatic carbocycles. The van der Waals surface area contributed by atoms with Crippen LogP contribution in [0.1, 0.15) is 0 Å². The van der Waals surface area contributed by atoms with Gasteiger partial charge in [0.15, 0.2) is 0 Å². The van der Waals surface area contributed by atoms with Gasteiger partial charge in [-0.2, -0.15) is 4.98 Å². The normalized spacial score (nSPS) is 12.4. The molecule has 1 aromatic heterocycles. The average Bonchev–Trinajstić information content (AvgIpc) is 2.15. The van der Waals surface area contributed by atoms with E-state index >= 15 is 0 Å². The van der Waals surface area contributed by atoms with Gasteiger partial charge in [-0.3, -0.25) is 0 Å². The maximum absolute atomic E-state index is 9.31. The average molecular weight is 198 g/mol. The van der Waals surface area contributed by atoms with Crippen LogP contribution in [0.4, 0.5) is 11.8 Å². The SMILES string of the molecule is COCC(O)CNc1nccc(N)n1. The van der Waals surface area contributed by atoms with E-state index in [-0.39, 0.29) is 6.61 Å². The highest BCUT2D eigenvalue weighted by Gasteiger charge is 2.03. The van der Waals surface area contributed by atoms with Gasteiger partial charge in [0, 0.05) is 19.9 Å². The Hall–Kier alpha value is -1.40. The summed E-state index contributed by atoms with van der Waals surface area (Å²) in [5, 5.41) is 12.1. The lowest BCUT2D eigenvalue weighted by Crippen LogP contribution is -2.24. The minimum absolute atomic E-state index is 0.273. The van der Waals surface area contributed by atoms with E-state index in [4.69, 9.17) is 10.5 Å². The molecule has 6 heteroatoms. The Morgan fingerprint density at radius 2 is 2.50 bits per heavy atom. The van der Waals surface area contributed by atoms with E-state index in [0.29, 0.717) is 18.3 Å². The number of rotatable bonds is 5. The van der Waals surface area contributed by atoms with Gasteiger partial charge < -0.3 is 20.9 Å². The second-order valence-electron chi connectivity index (χ2n) is 2.80. The van der Waals surface area contributed by atoms with Crippen LogP contribution in [-0.2, 0) is 4.74 Å². The number of nitrogens with zero attached hydrogens (tertiary/aromatic N) is 2. The molecular weight excluding hydrogens is 184 g/mol. The van der Waals surface area contributed by atoms with E-state index in [2.05, 4.69) is 15.3 Å². The molecule has 0 bridgehead atoms. The molecule has 1 heterocycles. The molecule has 1 atom stereocenters. The van der Waals surface area contributed by atoms with Crippen LogP contribution in [0.5, 0.6) is 0 Å². The van der Waals surface area contributed by atoms with Crippen LogP contribution in [0.25, 0.3) is 0 Å². The van der Waals surface area contributed by atoms with Crippen LogP contribution in [0.2, 0.25) is 0 Å². The number of nitrogens with one attached hydrogen (secondary N) is 1. The zero-order valence-electron chi connectivity index (χ0n) is 7.97. The van der Waals surface area contributed by atoms with Crippen molar-refractivity contribution in [2.75, 3.05) is 31.3 Å². The third-order valence-corrected chi connectivity index (χ3v) is 1.53. The van der Waals surface area contributed by atoms with Gasteiger partial charge in [-0.25, -0.2) is 4.98 Å². The maximum atomic E-state index is 9.31. The lowest BCUT2D eigenvalue weighted by Gasteiger charge is -2.10. The number of ether oxygens (including phenoxy) is 1. The van der Waals surface area contributed by atoms with Crippen molar-refractivity contribution in [1.82, 2.24) is 9.97 Å². The number of aliphatic hydroxyl groups is 1. The molecule has 0 saturated heterocycles. The molecule has 0 aromatic carbocycles. The van der Waals surface area contributed by atoms with Gasteiger partial charge in [0.2, 0.25) is 5.95 Å². The Kier molecular flexibility index (Phi) is 4.09. The number of nitrogen functional groups attached to an aromatic ring is 1. The third-order valence-electron chi connectivity index (χ3n) is 1.53. The van der Waals surface area contributed by atoms with Crippen LogP contribution >= 0.6 is 0 Å². The van der Waals surface area contributed by atoms with Crippen LogP contribution < -0.4 is 11.1 Å². The van der Waals surface area contributed by atoms with Crippen molar-refractivity contribution >= 4 is 11.8 Å². The van der Waals surface area contributed by atoms with Crippen molar-refractivity contribution in [2.45, 2.75) is 6.10 Å². The second kappa shape index (κ2) is 5.36. The topological polar surface area (TPSA) is 93.3 Å². The predicted molar refractivity (Wildman–Crippen MR) is 52.8 cm³/mol. The molecule has 0 aliphatic rings. The molecule has 1 aromatic rings. The summed E-state index contributed by atoms with van der Waals surface area (Å²) in [5.74, 6) is 0.795. The van der Waals surface area contributed by atoms with Crippen LogP contribution in [-0.4, -0.2) is 41.4 Å². The Bertz CT molecular complexity index is 282. The summed E-state index contributed by atoms with van der Waals surface area (Å²) < 4.78 is 4.76. The summed E-state index contributed by atoms with van der Waals surface area (Å²) >= 11 is 0. The zero-order valence-corrected chi connectivity index (χ0v) is 7.97. The minimum atomic E-state index is -0.579. The zero-order chi connectivity index (χ0) is 10.4. The highest BCUT2D eigenvalue weighted by Crippen LogP contribution is 2.00. The lowest BCUT2D eigenvalue weighted by molar-refractivity contribution is 0.0726.